The van der Waals surface area contributed by atoms with Crippen molar-refractivity contribution in [2.45, 2.75) is 58.5 Å². The Morgan fingerprint density at radius 1 is 1.06 bits per heavy atom. The van der Waals surface area contributed by atoms with Gasteiger partial charge in [0.15, 0.2) is 16.9 Å². The van der Waals surface area contributed by atoms with Gasteiger partial charge in [0, 0.05) is 35.3 Å². The normalized spacial score (nSPS) is 16.1. The van der Waals surface area contributed by atoms with E-state index in [0.29, 0.717) is 23.2 Å². The maximum absolute atomic E-state index is 11.8. The Morgan fingerprint density at radius 3 is 2.61 bits per heavy atom. The molecule has 1 fully saturated rings. The van der Waals surface area contributed by atoms with E-state index < -0.39 is 16.7 Å². The van der Waals surface area contributed by atoms with Crippen LogP contribution in [0.2, 0.25) is 0 Å². The summed E-state index contributed by atoms with van der Waals surface area (Å²) in [5.74, 6) is 2.80. The van der Waals surface area contributed by atoms with Crippen molar-refractivity contribution in [2.75, 3.05) is 11.1 Å². The van der Waals surface area contributed by atoms with Crippen LogP contribution in [0.15, 0.2) is 42.7 Å². The molecule has 0 aromatic carbocycles. The highest BCUT2D eigenvalue weighted by Gasteiger charge is 2.37. The first-order valence-electron chi connectivity index (χ1n) is 12.1. The molecule has 9 nitrogen and oxygen atoms in total. The van der Waals surface area contributed by atoms with E-state index in [0.717, 1.165) is 60.1 Å². The van der Waals surface area contributed by atoms with Gasteiger partial charge in [0.1, 0.15) is 23.0 Å². The zero-order valence-electron chi connectivity index (χ0n) is 20.7. The molecule has 0 saturated heterocycles. The Kier molecular flexibility index (Phi) is 6.72. The monoisotopic (exact) mass is 506 g/mol. The number of pyridine rings is 2. The SMILES string of the molecule is Cc1cc(-c2ccn3nc(Nc4cc(C)nc(C)n4)cc3c2)c(OC2(CS(=O)O)CCCCC2)cn1. The molecule has 1 atom stereocenters. The topological polar surface area (TPSA) is 115 Å². The van der Waals surface area contributed by atoms with Gasteiger partial charge in [-0.3, -0.25) is 4.98 Å². The first-order valence-corrected chi connectivity index (χ1v) is 13.4. The molecule has 0 aliphatic heterocycles. The Bertz CT molecular complexity index is 1410. The van der Waals surface area contributed by atoms with Crippen LogP contribution < -0.4 is 10.1 Å². The Hall–Kier alpha value is -3.37. The predicted octanol–water partition coefficient (Wildman–Crippen LogP) is 5.16. The van der Waals surface area contributed by atoms with Crippen molar-refractivity contribution in [1.29, 1.82) is 0 Å². The summed E-state index contributed by atoms with van der Waals surface area (Å²) in [6.07, 6.45) is 8.23. The lowest BCUT2D eigenvalue weighted by atomic mass is 9.86. The second-order valence-corrected chi connectivity index (χ2v) is 10.4. The number of fused-ring (bicyclic) bond motifs is 1. The van der Waals surface area contributed by atoms with Gasteiger partial charge in [0.25, 0.3) is 0 Å². The van der Waals surface area contributed by atoms with Gasteiger partial charge in [-0.2, -0.15) is 5.10 Å². The van der Waals surface area contributed by atoms with E-state index in [-0.39, 0.29) is 5.75 Å². The van der Waals surface area contributed by atoms with Crippen molar-refractivity contribution in [3.05, 3.63) is 59.9 Å². The highest BCUT2D eigenvalue weighted by molar-refractivity contribution is 7.79. The Balaban J connectivity index is 1.48. The van der Waals surface area contributed by atoms with E-state index in [1.165, 1.54) is 0 Å². The van der Waals surface area contributed by atoms with Crippen LogP contribution >= 0.6 is 0 Å². The van der Waals surface area contributed by atoms with Crippen LogP contribution in [0, 0.1) is 20.8 Å². The van der Waals surface area contributed by atoms with E-state index in [1.54, 1.807) is 10.7 Å². The van der Waals surface area contributed by atoms with Gasteiger partial charge in [0.05, 0.1) is 17.5 Å². The van der Waals surface area contributed by atoms with E-state index in [2.05, 4.69) is 25.4 Å². The number of nitrogens with one attached hydrogen (secondary N) is 1. The van der Waals surface area contributed by atoms with Crippen LogP contribution in [-0.2, 0) is 11.1 Å². The van der Waals surface area contributed by atoms with Crippen LogP contribution in [0.3, 0.4) is 0 Å². The Morgan fingerprint density at radius 2 is 1.86 bits per heavy atom. The van der Waals surface area contributed by atoms with Gasteiger partial charge in [-0.05, 0) is 70.2 Å². The molecule has 10 heteroatoms. The molecule has 1 aliphatic carbocycles. The van der Waals surface area contributed by atoms with E-state index in [1.807, 2.05) is 57.3 Å². The molecule has 36 heavy (non-hydrogen) atoms. The summed E-state index contributed by atoms with van der Waals surface area (Å²) in [6.45, 7) is 5.74. The number of anilines is 2. The third-order valence-electron chi connectivity index (χ3n) is 6.48. The molecule has 0 amide bonds. The molecule has 1 saturated carbocycles. The first kappa shape index (κ1) is 24.3. The molecule has 4 heterocycles. The number of rotatable bonds is 7. The molecular weight excluding hydrogens is 476 g/mol. The molecule has 0 radical (unpaired) electrons. The summed E-state index contributed by atoms with van der Waals surface area (Å²) in [5, 5.41) is 7.88. The van der Waals surface area contributed by atoms with Gasteiger partial charge in [0.2, 0.25) is 0 Å². The van der Waals surface area contributed by atoms with Crippen LogP contribution in [0.5, 0.6) is 5.75 Å². The fraction of sp³-hybridized carbons (Fsp3) is 0.385. The minimum absolute atomic E-state index is 0.0962. The quantitative estimate of drug-likeness (QED) is 0.330. The summed E-state index contributed by atoms with van der Waals surface area (Å²) in [6, 6.07) is 9.88. The predicted molar refractivity (Wildman–Crippen MR) is 140 cm³/mol. The molecule has 4 aromatic rings. The Labute approximate surface area is 212 Å². The minimum Gasteiger partial charge on any atom is -0.484 e. The van der Waals surface area contributed by atoms with Crippen LogP contribution in [0.4, 0.5) is 11.6 Å². The fourth-order valence-electron chi connectivity index (χ4n) is 4.92. The van der Waals surface area contributed by atoms with Crippen LogP contribution in [-0.4, -0.2) is 44.7 Å². The minimum atomic E-state index is -1.94. The lowest BCUT2D eigenvalue weighted by Crippen LogP contribution is -2.43. The van der Waals surface area contributed by atoms with Gasteiger partial charge >= 0.3 is 0 Å². The fourth-order valence-corrected chi connectivity index (χ4v) is 5.72. The molecule has 1 unspecified atom stereocenters. The maximum Gasteiger partial charge on any atom is 0.156 e. The molecule has 5 rings (SSSR count). The van der Waals surface area contributed by atoms with Crippen molar-refractivity contribution < 1.29 is 13.5 Å². The molecule has 0 bridgehead atoms. The van der Waals surface area contributed by atoms with Gasteiger partial charge < -0.3 is 14.6 Å². The number of hydrogen-bond acceptors (Lipinski definition) is 7. The number of aryl methyl sites for hydroxylation is 3. The molecule has 188 valence electrons. The summed E-state index contributed by atoms with van der Waals surface area (Å²) in [4.78, 5) is 13.2. The van der Waals surface area contributed by atoms with Crippen LogP contribution in [0.1, 0.15) is 49.3 Å². The standard InChI is InChI=1S/C26H30N6O3S/c1-17-11-22(23(15-27-17)35-26(16-36(33)34)8-5-4-6-9-26)20-7-10-32-21(13-20)14-25(31-32)30-24-12-18(2)28-19(3)29-24/h7,10-15H,4-6,8-9,16H2,1-3H3,(H,33,34)(H,28,29,30,31). The highest BCUT2D eigenvalue weighted by atomic mass is 32.2. The summed E-state index contributed by atoms with van der Waals surface area (Å²) in [7, 11) is 0. The number of nitrogens with zero attached hydrogens (tertiary/aromatic N) is 5. The molecule has 0 spiro atoms. The molecule has 2 N–H and O–H groups in total. The largest absolute Gasteiger partial charge is 0.484 e. The lowest BCUT2D eigenvalue weighted by Gasteiger charge is -2.37. The smallest absolute Gasteiger partial charge is 0.156 e. The van der Waals surface area contributed by atoms with Crippen molar-refractivity contribution in [1.82, 2.24) is 24.6 Å². The summed E-state index contributed by atoms with van der Waals surface area (Å²) < 4.78 is 29.8. The van der Waals surface area contributed by atoms with Crippen molar-refractivity contribution >= 4 is 28.2 Å². The van der Waals surface area contributed by atoms with E-state index in [9.17, 15) is 8.76 Å². The van der Waals surface area contributed by atoms with Gasteiger partial charge in [-0.15, -0.1) is 0 Å². The number of hydrogen-bond donors (Lipinski definition) is 2. The highest BCUT2D eigenvalue weighted by Crippen LogP contribution is 2.38. The summed E-state index contributed by atoms with van der Waals surface area (Å²) >= 11 is -1.94. The summed E-state index contributed by atoms with van der Waals surface area (Å²) in [5.41, 5.74) is 3.86. The number of ether oxygens (including phenoxy) is 1. The van der Waals surface area contributed by atoms with Crippen molar-refractivity contribution in [2.24, 2.45) is 0 Å². The zero-order chi connectivity index (χ0) is 25.3. The first-order chi connectivity index (χ1) is 17.3. The van der Waals surface area contributed by atoms with Crippen molar-refractivity contribution in [3.63, 3.8) is 0 Å². The average molecular weight is 507 g/mol. The van der Waals surface area contributed by atoms with Crippen molar-refractivity contribution in [3.8, 4) is 16.9 Å². The second kappa shape index (κ2) is 9.94. The van der Waals surface area contributed by atoms with E-state index in [4.69, 9.17) is 4.74 Å². The zero-order valence-corrected chi connectivity index (χ0v) is 21.5. The van der Waals surface area contributed by atoms with Crippen LogP contribution in [0.25, 0.3) is 16.6 Å². The van der Waals surface area contributed by atoms with Gasteiger partial charge in [-0.1, -0.05) is 6.42 Å². The molecular formula is C26H30N6O3S. The van der Waals surface area contributed by atoms with E-state index >= 15 is 0 Å². The second-order valence-electron chi connectivity index (χ2n) is 9.51. The van der Waals surface area contributed by atoms with Gasteiger partial charge in [-0.25, -0.2) is 18.7 Å². The number of aromatic nitrogens is 5. The average Bonchev–Trinajstić information content (AvgIpc) is 3.21. The lowest BCUT2D eigenvalue weighted by molar-refractivity contribution is 0.0518. The molecule has 1 aliphatic rings. The third kappa shape index (κ3) is 5.39. The third-order valence-corrected chi connectivity index (χ3v) is 7.25. The molecule has 4 aromatic heterocycles. The maximum atomic E-state index is 11.8.